The first kappa shape index (κ1) is 19.5. The maximum Gasteiger partial charge on any atom is 0.232 e. The fourth-order valence-electron chi connectivity index (χ4n) is 3.42. The molecule has 1 atom stereocenters. The van der Waals surface area contributed by atoms with Crippen LogP contribution in [0, 0.1) is 0 Å². The summed E-state index contributed by atoms with van der Waals surface area (Å²) in [4.78, 5) is 25.1. The van der Waals surface area contributed by atoms with Crippen molar-refractivity contribution in [1.82, 2.24) is 0 Å². The third kappa shape index (κ3) is 4.27. The van der Waals surface area contributed by atoms with E-state index < -0.39 is 5.92 Å². The van der Waals surface area contributed by atoms with Gasteiger partial charge >= 0.3 is 0 Å². The summed E-state index contributed by atoms with van der Waals surface area (Å²) < 4.78 is 11.4. The highest BCUT2D eigenvalue weighted by molar-refractivity contribution is 6.05. The van der Waals surface area contributed by atoms with Crippen LogP contribution in [0.4, 0.5) is 11.4 Å². The quantitative estimate of drug-likeness (QED) is 0.612. The van der Waals surface area contributed by atoms with Crippen molar-refractivity contribution in [2.75, 3.05) is 17.2 Å². The Morgan fingerprint density at radius 2 is 1.70 bits per heavy atom. The number of fused-ring (bicyclic) bond motifs is 1. The Morgan fingerprint density at radius 1 is 1.00 bits per heavy atom. The molecule has 2 N–H and O–H groups in total. The van der Waals surface area contributed by atoms with Crippen molar-refractivity contribution in [2.45, 2.75) is 19.3 Å². The van der Waals surface area contributed by atoms with Crippen LogP contribution in [-0.2, 0) is 9.59 Å². The Morgan fingerprint density at radius 3 is 2.50 bits per heavy atom. The molecule has 6 heteroatoms. The molecule has 0 saturated carbocycles. The monoisotopic (exact) mass is 402 g/mol. The highest BCUT2D eigenvalue weighted by Gasteiger charge is 2.30. The number of amides is 2. The number of carbonyl (C=O) groups is 2. The lowest BCUT2D eigenvalue weighted by atomic mass is 9.90. The zero-order chi connectivity index (χ0) is 20.9. The number of hydrogen-bond donors (Lipinski definition) is 2. The molecular formula is C24H22N2O4. The summed E-state index contributed by atoms with van der Waals surface area (Å²) in [6.07, 6.45) is 0.102. The van der Waals surface area contributed by atoms with Gasteiger partial charge in [0.1, 0.15) is 11.5 Å². The van der Waals surface area contributed by atoms with Crippen molar-refractivity contribution >= 4 is 23.2 Å². The van der Waals surface area contributed by atoms with E-state index in [1.165, 1.54) is 0 Å². The standard InChI is InChI=1S/C24H22N2O4/c1-2-29-16-11-13-17(14-12-16)30-22-10-6-5-9-21(22)26-24(28)19-15-23(27)25-20-8-4-3-7-18(19)20/h3-14,19H,2,15H2,1H3,(H,25,27)(H,26,28). The summed E-state index contributed by atoms with van der Waals surface area (Å²) in [5, 5.41) is 5.74. The molecule has 1 aliphatic heterocycles. The number of rotatable bonds is 6. The molecule has 1 aliphatic rings. The van der Waals surface area contributed by atoms with Crippen molar-refractivity contribution in [3.8, 4) is 17.2 Å². The van der Waals surface area contributed by atoms with Gasteiger partial charge in [-0.15, -0.1) is 0 Å². The number of hydrogen-bond acceptors (Lipinski definition) is 4. The lowest BCUT2D eigenvalue weighted by molar-refractivity contribution is -0.123. The summed E-state index contributed by atoms with van der Waals surface area (Å²) in [6.45, 7) is 2.52. The first-order chi connectivity index (χ1) is 14.6. The zero-order valence-electron chi connectivity index (χ0n) is 16.6. The smallest absolute Gasteiger partial charge is 0.232 e. The molecule has 3 aromatic rings. The highest BCUT2D eigenvalue weighted by atomic mass is 16.5. The van der Waals surface area contributed by atoms with Gasteiger partial charge in [0.15, 0.2) is 5.75 Å². The van der Waals surface area contributed by atoms with Crippen molar-refractivity contribution in [3.05, 3.63) is 78.4 Å². The minimum absolute atomic E-state index is 0.102. The predicted molar refractivity (Wildman–Crippen MR) is 115 cm³/mol. The Bertz CT molecular complexity index is 1060. The van der Waals surface area contributed by atoms with Gasteiger partial charge in [0.05, 0.1) is 18.2 Å². The lowest BCUT2D eigenvalue weighted by Gasteiger charge is -2.25. The van der Waals surface area contributed by atoms with Gasteiger partial charge in [-0.05, 0) is 55.0 Å². The largest absolute Gasteiger partial charge is 0.494 e. The van der Waals surface area contributed by atoms with E-state index in [9.17, 15) is 9.59 Å². The fourth-order valence-corrected chi connectivity index (χ4v) is 3.42. The number of nitrogens with one attached hydrogen (secondary N) is 2. The SMILES string of the molecule is CCOc1ccc(Oc2ccccc2NC(=O)C2CC(=O)Nc3ccccc32)cc1. The van der Waals surface area contributed by atoms with E-state index in [-0.39, 0.29) is 18.2 Å². The Kier molecular flexibility index (Phi) is 5.66. The molecule has 1 unspecified atom stereocenters. The molecule has 2 amide bonds. The molecule has 0 aromatic heterocycles. The van der Waals surface area contributed by atoms with Gasteiger partial charge in [-0.2, -0.15) is 0 Å². The van der Waals surface area contributed by atoms with Crippen LogP contribution in [0.1, 0.15) is 24.8 Å². The van der Waals surface area contributed by atoms with Gasteiger partial charge in [-0.3, -0.25) is 9.59 Å². The van der Waals surface area contributed by atoms with Crippen LogP contribution < -0.4 is 20.1 Å². The molecule has 152 valence electrons. The molecular weight excluding hydrogens is 380 g/mol. The van der Waals surface area contributed by atoms with Crippen molar-refractivity contribution < 1.29 is 19.1 Å². The summed E-state index contributed by atoms with van der Waals surface area (Å²) in [5.74, 6) is 0.924. The van der Waals surface area contributed by atoms with Gasteiger partial charge in [-0.1, -0.05) is 30.3 Å². The van der Waals surface area contributed by atoms with Gasteiger partial charge in [-0.25, -0.2) is 0 Å². The number of ether oxygens (including phenoxy) is 2. The van der Waals surface area contributed by atoms with Gasteiger partial charge in [0.25, 0.3) is 0 Å². The maximum atomic E-state index is 13.0. The second-order valence-corrected chi connectivity index (χ2v) is 6.88. The molecule has 0 radical (unpaired) electrons. The summed E-state index contributed by atoms with van der Waals surface area (Å²) in [7, 11) is 0. The minimum Gasteiger partial charge on any atom is -0.494 e. The molecule has 6 nitrogen and oxygen atoms in total. The molecule has 3 aromatic carbocycles. The minimum atomic E-state index is -0.562. The number of para-hydroxylation sites is 3. The average Bonchev–Trinajstić information content (AvgIpc) is 2.76. The Hall–Kier alpha value is -3.80. The van der Waals surface area contributed by atoms with Crippen molar-refractivity contribution in [2.24, 2.45) is 0 Å². The second kappa shape index (κ2) is 8.69. The van der Waals surface area contributed by atoms with Crippen LogP contribution in [-0.4, -0.2) is 18.4 Å². The third-order valence-corrected chi connectivity index (χ3v) is 4.82. The Balaban J connectivity index is 1.53. The molecule has 1 heterocycles. The van der Waals surface area contributed by atoms with Gasteiger partial charge in [0, 0.05) is 12.1 Å². The van der Waals surface area contributed by atoms with Gasteiger partial charge < -0.3 is 20.1 Å². The number of carbonyl (C=O) groups excluding carboxylic acids is 2. The number of benzene rings is 3. The number of anilines is 2. The normalized spacial score (nSPS) is 15.0. The molecule has 0 bridgehead atoms. The summed E-state index contributed by atoms with van der Waals surface area (Å²) in [6, 6.07) is 21.9. The van der Waals surface area contributed by atoms with Gasteiger partial charge in [0.2, 0.25) is 11.8 Å². The third-order valence-electron chi connectivity index (χ3n) is 4.82. The topological polar surface area (TPSA) is 76.7 Å². The lowest BCUT2D eigenvalue weighted by Crippen LogP contribution is -2.30. The maximum absolute atomic E-state index is 13.0. The van der Waals surface area contributed by atoms with Crippen LogP contribution >= 0.6 is 0 Å². The van der Waals surface area contributed by atoms with Crippen LogP contribution in [0.2, 0.25) is 0 Å². The molecule has 0 spiro atoms. The van der Waals surface area contributed by atoms with Crippen molar-refractivity contribution in [3.63, 3.8) is 0 Å². The molecule has 30 heavy (non-hydrogen) atoms. The van der Waals surface area contributed by atoms with Crippen LogP contribution in [0.5, 0.6) is 17.2 Å². The first-order valence-corrected chi connectivity index (χ1v) is 9.83. The fraction of sp³-hybridized carbons (Fsp3) is 0.167. The van der Waals surface area contributed by atoms with E-state index in [0.717, 1.165) is 11.3 Å². The summed E-state index contributed by atoms with van der Waals surface area (Å²) in [5.41, 5.74) is 2.02. The predicted octanol–water partition coefficient (Wildman–Crippen LogP) is 4.94. The Labute approximate surface area is 174 Å². The molecule has 0 fully saturated rings. The summed E-state index contributed by atoms with van der Waals surface area (Å²) >= 11 is 0. The van der Waals surface area contributed by atoms with E-state index in [0.29, 0.717) is 29.5 Å². The molecule has 4 rings (SSSR count). The first-order valence-electron chi connectivity index (χ1n) is 9.83. The average molecular weight is 402 g/mol. The van der Waals surface area contributed by atoms with E-state index >= 15 is 0 Å². The van der Waals surface area contributed by atoms with E-state index in [1.807, 2.05) is 61.5 Å². The van der Waals surface area contributed by atoms with E-state index in [2.05, 4.69) is 10.6 Å². The van der Waals surface area contributed by atoms with Crippen molar-refractivity contribution in [1.29, 1.82) is 0 Å². The van der Waals surface area contributed by atoms with E-state index in [1.54, 1.807) is 18.2 Å². The van der Waals surface area contributed by atoms with E-state index in [4.69, 9.17) is 9.47 Å². The second-order valence-electron chi connectivity index (χ2n) is 6.88. The van der Waals surface area contributed by atoms with Crippen LogP contribution in [0.3, 0.4) is 0 Å². The molecule has 0 saturated heterocycles. The molecule has 0 aliphatic carbocycles. The highest BCUT2D eigenvalue weighted by Crippen LogP contribution is 2.35. The van der Waals surface area contributed by atoms with Crippen LogP contribution in [0.25, 0.3) is 0 Å². The van der Waals surface area contributed by atoms with Crippen LogP contribution in [0.15, 0.2) is 72.8 Å². The zero-order valence-corrected chi connectivity index (χ0v) is 16.6.